The van der Waals surface area contributed by atoms with Gasteiger partial charge in [-0.05, 0) is 17.7 Å². The van der Waals surface area contributed by atoms with E-state index in [-0.39, 0.29) is 0 Å². The van der Waals surface area contributed by atoms with Crippen LogP contribution in [0, 0.1) is 0 Å². The Bertz CT molecular complexity index is 224. The highest BCUT2D eigenvalue weighted by Crippen LogP contribution is 2.02. The molecular weight excluding hydrogens is 160 g/mol. The largest absolute Gasteiger partial charge is 0.299 e. The summed E-state index contributed by atoms with van der Waals surface area (Å²) in [6, 6.07) is 0. The predicted molar refractivity (Wildman–Crippen MR) is 48.5 cm³/mol. The maximum atomic E-state index is 9.85. The monoisotopic (exact) mass is 168 g/mol. The summed E-state index contributed by atoms with van der Waals surface area (Å²) >= 11 is 5.44. The van der Waals surface area contributed by atoms with Crippen molar-refractivity contribution in [3.05, 3.63) is 48.1 Å². The fourth-order valence-corrected chi connectivity index (χ4v) is 0.479. The lowest BCUT2D eigenvalue weighted by Crippen LogP contribution is -1.67. The smallest absolute Gasteiger partial charge is 0.142 e. The number of hydrogen-bond donors (Lipinski definition) is 0. The Labute approximate surface area is 71.4 Å². The van der Waals surface area contributed by atoms with E-state index in [0.29, 0.717) is 16.9 Å². The molecule has 0 aliphatic heterocycles. The molecule has 0 heterocycles. The Morgan fingerprint density at radius 2 is 1.82 bits per heavy atom. The van der Waals surface area contributed by atoms with Crippen LogP contribution in [-0.2, 0) is 4.79 Å². The van der Waals surface area contributed by atoms with Crippen molar-refractivity contribution in [2.24, 2.45) is 0 Å². The van der Waals surface area contributed by atoms with E-state index in [4.69, 9.17) is 11.6 Å². The van der Waals surface area contributed by atoms with Crippen molar-refractivity contribution in [3.63, 3.8) is 0 Å². The average molecular weight is 169 g/mol. The highest BCUT2D eigenvalue weighted by atomic mass is 35.5. The second-order valence-corrected chi connectivity index (χ2v) is 2.34. The van der Waals surface area contributed by atoms with Gasteiger partial charge in [0.1, 0.15) is 6.29 Å². The number of rotatable bonds is 4. The van der Waals surface area contributed by atoms with Gasteiger partial charge < -0.3 is 0 Å². The topological polar surface area (TPSA) is 17.1 Å². The first kappa shape index (κ1) is 9.92. The van der Waals surface area contributed by atoms with Gasteiger partial charge in [-0.15, -0.1) is 0 Å². The number of halogens is 1. The lowest BCUT2D eigenvalue weighted by Gasteiger charge is -1.85. The molecule has 0 rings (SSSR count). The first-order valence-corrected chi connectivity index (χ1v) is 3.38. The van der Waals surface area contributed by atoms with E-state index in [2.05, 4.69) is 13.2 Å². The molecule has 0 aromatic carbocycles. The molecule has 0 saturated heterocycles. The van der Waals surface area contributed by atoms with Gasteiger partial charge in [0.05, 0.1) is 0 Å². The molecule has 0 unspecified atom stereocenters. The molecule has 0 saturated carbocycles. The van der Waals surface area contributed by atoms with Crippen molar-refractivity contribution in [2.45, 2.75) is 0 Å². The van der Waals surface area contributed by atoms with E-state index < -0.39 is 0 Å². The second kappa shape index (κ2) is 5.69. The molecule has 58 valence electrons. The number of carbonyl (C=O) groups excluding carboxylic acids is 1. The van der Waals surface area contributed by atoms with Crippen molar-refractivity contribution < 1.29 is 4.79 Å². The van der Waals surface area contributed by atoms with Crippen LogP contribution in [0.2, 0.25) is 0 Å². The summed E-state index contributed by atoms with van der Waals surface area (Å²) in [6.45, 7) is 7.08. The fourth-order valence-electron chi connectivity index (χ4n) is 0.416. The van der Waals surface area contributed by atoms with E-state index in [0.717, 1.165) is 0 Å². The highest BCUT2D eigenvalue weighted by molar-refractivity contribution is 6.30. The van der Waals surface area contributed by atoms with Crippen LogP contribution in [0.25, 0.3) is 0 Å². The maximum absolute atomic E-state index is 9.85. The zero-order valence-corrected chi connectivity index (χ0v) is 6.84. The van der Waals surface area contributed by atoms with Crippen LogP contribution in [-0.4, -0.2) is 6.29 Å². The van der Waals surface area contributed by atoms with E-state index in [1.165, 1.54) is 6.08 Å². The summed E-state index contributed by atoms with van der Waals surface area (Å²) in [6.07, 6.45) is 6.93. The van der Waals surface area contributed by atoms with Crippen molar-refractivity contribution in [1.82, 2.24) is 0 Å². The summed E-state index contributed by atoms with van der Waals surface area (Å²) < 4.78 is 0. The van der Waals surface area contributed by atoms with Gasteiger partial charge >= 0.3 is 0 Å². The summed E-state index contributed by atoms with van der Waals surface area (Å²) in [7, 11) is 0. The summed E-state index contributed by atoms with van der Waals surface area (Å²) in [5.74, 6) is 0. The summed E-state index contributed by atoms with van der Waals surface area (Å²) in [5.41, 5.74) is 0.707. The van der Waals surface area contributed by atoms with Crippen molar-refractivity contribution >= 4 is 17.9 Å². The lowest BCUT2D eigenvalue weighted by molar-refractivity contribution is -0.104. The number of hydrogen-bond acceptors (Lipinski definition) is 1. The van der Waals surface area contributed by atoms with E-state index in [9.17, 15) is 4.79 Å². The molecule has 0 N–H and O–H groups in total. The van der Waals surface area contributed by atoms with Gasteiger partial charge in [0.15, 0.2) is 0 Å². The third-order valence-electron chi connectivity index (χ3n) is 0.867. The van der Waals surface area contributed by atoms with Gasteiger partial charge in [-0.3, -0.25) is 4.79 Å². The number of carbonyl (C=O) groups is 1. The molecule has 0 amide bonds. The molecule has 0 aliphatic carbocycles. The van der Waals surface area contributed by atoms with Gasteiger partial charge in [-0.25, -0.2) is 0 Å². The van der Waals surface area contributed by atoms with Gasteiger partial charge in [-0.2, -0.15) is 0 Å². The molecule has 11 heavy (non-hydrogen) atoms. The minimum absolute atomic E-state index is 0.436. The summed E-state index contributed by atoms with van der Waals surface area (Å²) in [5, 5.41) is 0.436. The van der Waals surface area contributed by atoms with Crippen LogP contribution in [0.3, 0.4) is 0 Å². The van der Waals surface area contributed by atoms with Crippen LogP contribution < -0.4 is 0 Å². The standard InChI is InChI=1S/C9H9ClO/c1-8(4-3-7-11)5-6-9(2)10/h3-7H,1-2H2/b4-3+,6-5-. The van der Waals surface area contributed by atoms with E-state index >= 15 is 0 Å². The number of aldehydes is 1. The van der Waals surface area contributed by atoms with Gasteiger partial charge in [0.25, 0.3) is 0 Å². The van der Waals surface area contributed by atoms with E-state index in [1.54, 1.807) is 18.2 Å². The van der Waals surface area contributed by atoms with Gasteiger partial charge in [0.2, 0.25) is 0 Å². The molecule has 0 aliphatic rings. The van der Waals surface area contributed by atoms with Crippen LogP contribution in [0.1, 0.15) is 0 Å². The van der Waals surface area contributed by atoms with Crippen LogP contribution in [0.4, 0.5) is 0 Å². The average Bonchev–Trinajstić information content (AvgIpc) is 1.97. The minimum Gasteiger partial charge on any atom is -0.299 e. The predicted octanol–water partition coefficient (Wildman–Crippen LogP) is 2.61. The minimum atomic E-state index is 0.436. The zero-order valence-electron chi connectivity index (χ0n) is 6.09. The molecule has 0 atom stereocenters. The second-order valence-electron chi connectivity index (χ2n) is 1.85. The Morgan fingerprint density at radius 3 is 2.27 bits per heavy atom. The van der Waals surface area contributed by atoms with Crippen molar-refractivity contribution in [2.75, 3.05) is 0 Å². The van der Waals surface area contributed by atoms with Crippen molar-refractivity contribution in [3.8, 4) is 0 Å². The zero-order chi connectivity index (χ0) is 8.69. The quantitative estimate of drug-likeness (QED) is 0.358. The SMILES string of the molecule is C=C(Cl)/C=C\C(=C)/C=C/C=O. The third kappa shape index (κ3) is 6.81. The number of allylic oxidation sites excluding steroid dienone is 6. The molecule has 0 fully saturated rings. The molecule has 0 radical (unpaired) electrons. The molecule has 2 heteroatoms. The Morgan fingerprint density at radius 1 is 1.18 bits per heavy atom. The van der Waals surface area contributed by atoms with Crippen LogP contribution in [0.15, 0.2) is 48.1 Å². The Balaban J connectivity index is 3.97. The third-order valence-corrected chi connectivity index (χ3v) is 0.993. The van der Waals surface area contributed by atoms with Crippen LogP contribution >= 0.6 is 11.6 Å². The Hall–Kier alpha value is -1.08. The van der Waals surface area contributed by atoms with Crippen LogP contribution in [0.5, 0.6) is 0 Å². The molecule has 0 spiro atoms. The first-order chi connectivity index (χ1) is 5.16. The molecule has 1 nitrogen and oxygen atoms in total. The molecular formula is C9H9ClO. The molecule has 0 aromatic heterocycles. The normalized spacial score (nSPS) is 10.6. The fraction of sp³-hybridized carbons (Fsp3) is 0. The molecule has 0 bridgehead atoms. The van der Waals surface area contributed by atoms with Gasteiger partial charge in [-0.1, -0.05) is 36.9 Å². The summed E-state index contributed by atoms with van der Waals surface area (Å²) in [4.78, 5) is 9.85. The maximum Gasteiger partial charge on any atom is 0.142 e. The highest BCUT2D eigenvalue weighted by Gasteiger charge is 1.79. The molecule has 0 aromatic rings. The van der Waals surface area contributed by atoms with Crippen molar-refractivity contribution in [1.29, 1.82) is 0 Å². The first-order valence-electron chi connectivity index (χ1n) is 3.00. The Kier molecular flexibility index (Phi) is 5.13. The lowest BCUT2D eigenvalue weighted by atomic mass is 10.2. The van der Waals surface area contributed by atoms with Gasteiger partial charge in [0, 0.05) is 5.03 Å². The van der Waals surface area contributed by atoms with E-state index in [1.807, 2.05) is 0 Å².